The average Bonchev–Trinajstić information content (AvgIpc) is 2.77. The second kappa shape index (κ2) is 10.5. The predicted octanol–water partition coefficient (Wildman–Crippen LogP) is 1.87. The number of ether oxygens (including phenoxy) is 3. The molecule has 0 saturated carbocycles. The van der Waals surface area contributed by atoms with Gasteiger partial charge in [-0.1, -0.05) is 0 Å². The summed E-state index contributed by atoms with van der Waals surface area (Å²) in [5.41, 5.74) is 0.611. The van der Waals surface area contributed by atoms with Crippen molar-refractivity contribution in [2.24, 2.45) is 0 Å². The van der Waals surface area contributed by atoms with Gasteiger partial charge in [0.1, 0.15) is 17.5 Å². The molecule has 0 spiro atoms. The second-order valence-corrected chi connectivity index (χ2v) is 6.64. The highest BCUT2D eigenvalue weighted by Crippen LogP contribution is 2.29. The molecular weight excluding hydrogens is 388 g/mol. The van der Waals surface area contributed by atoms with Crippen LogP contribution in [0.25, 0.3) is 0 Å². The van der Waals surface area contributed by atoms with Gasteiger partial charge in [-0.3, -0.25) is 0 Å². The third-order valence-corrected chi connectivity index (χ3v) is 4.52. The summed E-state index contributed by atoms with van der Waals surface area (Å²) in [4.78, 5) is 23.2. The van der Waals surface area contributed by atoms with Gasteiger partial charge in [-0.15, -0.1) is 0 Å². The average molecular weight is 416 g/mol. The van der Waals surface area contributed by atoms with Crippen LogP contribution in [0, 0.1) is 6.92 Å². The lowest BCUT2D eigenvalue weighted by Crippen LogP contribution is -2.37. The van der Waals surface area contributed by atoms with Crippen LogP contribution in [0.5, 0.6) is 11.5 Å². The van der Waals surface area contributed by atoms with Crippen LogP contribution >= 0.6 is 0 Å². The lowest BCUT2D eigenvalue weighted by Gasteiger charge is -2.28. The van der Waals surface area contributed by atoms with Gasteiger partial charge in [0, 0.05) is 44.0 Å². The summed E-state index contributed by atoms with van der Waals surface area (Å²) < 4.78 is 15.8. The summed E-state index contributed by atoms with van der Waals surface area (Å²) in [5.74, 6) is 3.45. The van der Waals surface area contributed by atoms with Gasteiger partial charge in [0.2, 0.25) is 0 Å². The van der Waals surface area contributed by atoms with Crippen LogP contribution in [0.1, 0.15) is 5.82 Å². The molecule has 1 aliphatic rings. The number of rotatable bonds is 8. The molecule has 0 unspecified atom stereocenters. The Labute approximate surface area is 175 Å². The third-order valence-electron chi connectivity index (χ3n) is 4.52. The highest BCUT2D eigenvalue weighted by atomic mass is 16.5. The SMILES string of the molecule is COc1ccc(NC(=O)NCCNc2cc(N3CCOCC3)nc(C)n2)cc1OC. The Bertz CT molecular complexity index is 857. The molecule has 10 nitrogen and oxygen atoms in total. The number of aryl methyl sites for hydroxylation is 1. The highest BCUT2D eigenvalue weighted by molar-refractivity contribution is 5.89. The fraction of sp³-hybridized carbons (Fsp3) is 0.450. The van der Waals surface area contributed by atoms with Crippen molar-refractivity contribution in [2.45, 2.75) is 6.92 Å². The van der Waals surface area contributed by atoms with E-state index in [-0.39, 0.29) is 6.03 Å². The third kappa shape index (κ3) is 5.86. The van der Waals surface area contributed by atoms with Crippen molar-refractivity contribution in [1.82, 2.24) is 15.3 Å². The molecule has 162 valence electrons. The second-order valence-electron chi connectivity index (χ2n) is 6.64. The number of carbonyl (C=O) groups excluding carboxylic acids is 1. The number of benzene rings is 1. The van der Waals surface area contributed by atoms with Crippen molar-refractivity contribution in [3.63, 3.8) is 0 Å². The summed E-state index contributed by atoms with van der Waals surface area (Å²) in [7, 11) is 3.11. The van der Waals surface area contributed by atoms with Crippen LogP contribution in [0.3, 0.4) is 0 Å². The number of urea groups is 1. The van der Waals surface area contributed by atoms with E-state index in [2.05, 4.69) is 30.8 Å². The molecule has 1 aromatic heterocycles. The van der Waals surface area contributed by atoms with E-state index in [0.717, 1.165) is 24.7 Å². The van der Waals surface area contributed by atoms with Crippen LogP contribution < -0.4 is 30.3 Å². The Hall–Kier alpha value is -3.27. The lowest BCUT2D eigenvalue weighted by atomic mass is 10.3. The zero-order valence-electron chi connectivity index (χ0n) is 17.5. The number of anilines is 3. The number of hydrogen-bond acceptors (Lipinski definition) is 8. The van der Waals surface area contributed by atoms with Gasteiger partial charge in [-0.25, -0.2) is 14.8 Å². The molecule has 0 bridgehead atoms. The van der Waals surface area contributed by atoms with Crippen molar-refractivity contribution in [2.75, 3.05) is 69.1 Å². The predicted molar refractivity (Wildman–Crippen MR) is 115 cm³/mol. The van der Waals surface area contributed by atoms with E-state index in [0.29, 0.717) is 49.3 Å². The number of aromatic nitrogens is 2. The van der Waals surface area contributed by atoms with E-state index < -0.39 is 0 Å². The Morgan fingerprint density at radius 1 is 1.10 bits per heavy atom. The minimum atomic E-state index is -0.308. The summed E-state index contributed by atoms with van der Waals surface area (Å²) in [5, 5.41) is 8.80. The minimum Gasteiger partial charge on any atom is -0.493 e. The maximum atomic E-state index is 12.1. The summed E-state index contributed by atoms with van der Waals surface area (Å²) in [6, 6.07) is 6.79. The molecule has 3 N–H and O–H groups in total. The summed E-state index contributed by atoms with van der Waals surface area (Å²) >= 11 is 0. The van der Waals surface area contributed by atoms with E-state index in [4.69, 9.17) is 14.2 Å². The lowest BCUT2D eigenvalue weighted by molar-refractivity contribution is 0.122. The molecule has 10 heteroatoms. The van der Waals surface area contributed by atoms with Crippen molar-refractivity contribution >= 4 is 23.4 Å². The van der Waals surface area contributed by atoms with Crippen molar-refractivity contribution in [1.29, 1.82) is 0 Å². The highest BCUT2D eigenvalue weighted by Gasteiger charge is 2.14. The fourth-order valence-electron chi connectivity index (χ4n) is 3.05. The molecule has 1 fully saturated rings. The molecule has 2 amide bonds. The molecule has 30 heavy (non-hydrogen) atoms. The molecule has 0 radical (unpaired) electrons. The molecule has 0 atom stereocenters. The first kappa shape index (κ1) is 21.4. The Balaban J connectivity index is 1.46. The number of amides is 2. The maximum Gasteiger partial charge on any atom is 0.319 e. The topological polar surface area (TPSA) is 110 Å². The molecule has 1 aromatic carbocycles. The number of morpholine rings is 1. The Morgan fingerprint density at radius 3 is 2.60 bits per heavy atom. The maximum absolute atomic E-state index is 12.1. The molecule has 3 rings (SSSR count). The molecule has 2 aromatic rings. The van der Waals surface area contributed by atoms with Crippen LogP contribution in [0.15, 0.2) is 24.3 Å². The minimum absolute atomic E-state index is 0.308. The van der Waals surface area contributed by atoms with Gasteiger partial charge in [0.25, 0.3) is 0 Å². The van der Waals surface area contributed by atoms with Crippen molar-refractivity contribution < 1.29 is 19.0 Å². The van der Waals surface area contributed by atoms with Gasteiger partial charge < -0.3 is 35.1 Å². The normalized spacial score (nSPS) is 13.5. The van der Waals surface area contributed by atoms with E-state index in [1.807, 2.05) is 13.0 Å². The largest absolute Gasteiger partial charge is 0.493 e. The van der Waals surface area contributed by atoms with Gasteiger partial charge >= 0.3 is 6.03 Å². The molecule has 1 aliphatic heterocycles. The van der Waals surface area contributed by atoms with E-state index >= 15 is 0 Å². The number of methoxy groups -OCH3 is 2. The van der Waals surface area contributed by atoms with Gasteiger partial charge in [-0.05, 0) is 19.1 Å². The molecule has 0 aliphatic carbocycles. The fourth-order valence-corrected chi connectivity index (χ4v) is 3.05. The van der Waals surface area contributed by atoms with Gasteiger partial charge in [-0.2, -0.15) is 0 Å². The first-order chi connectivity index (χ1) is 14.6. The van der Waals surface area contributed by atoms with Gasteiger partial charge in [0.05, 0.1) is 27.4 Å². The standard InChI is InChI=1S/C20H28N6O4/c1-14-23-18(13-19(24-14)26-8-10-30-11-9-26)21-6-7-22-20(27)25-15-4-5-16(28-2)17(12-15)29-3/h4-5,12-13H,6-11H2,1-3H3,(H,21,23,24)(H2,22,25,27). The number of nitrogens with one attached hydrogen (secondary N) is 3. The van der Waals surface area contributed by atoms with Crippen LogP contribution in [-0.2, 0) is 4.74 Å². The van der Waals surface area contributed by atoms with Crippen LogP contribution in [0.2, 0.25) is 0 Å². The first-order valence-corrected chi connectivity index (χ1v) is 9.78. The number of hydrogen-bond donors (Lipinski definition) is 3. The van der Waals surface area contributed by atoms with Crippen molar-refractivity contribution in [3.05, 3.63) is 30.1 Å². The quantitative estimate of drug-likeness (QED) is 0.560. The molecular formula is C20H28N6O4. The van der Waals surface area contributed by atoms with Crippen LogP contribution in [0.4, 0.5) is 22.1 Å². The van der Waals surface area contributed by atoms with Gasteiger partial charge in [0.15, 0.2) is 11.5 Å². The van der Waals surface area contributed by atoms with Crippen molar-refractivity contribution in [3.8, 4) is 11.5 Å². The summed E-state index contributed by atoms with van der Waals surface area (Å²) in [6.07, 6.45) is 0. The molecule has 2 heterocycles. The number of nitrogens with zero attached hydrogens (tertiary/aromatic N) is 3. The molecule has 1 saturated heterocycles. The Kier molecular flexibility index (Phi) is 7.50. The summed E-state index contributed by atoms with van der Waals surface area (Å²) in [6.45, 7) is 5.84. The number of carbonyl (C=O) groups is 1. The Morgan fingerprint density at radius 2 is 1.87 bits per heavy atom. The van der Waals surface area contributed by atoms with E-state index in [9.17, 15) is 4.79 Å². The monoisotopic (exact) mass is 416 g/mol. The smallest absolute Gasteiger partial charge is 0.319 e. The zero-order valence-corrected chi connectivity index (χ0v) is 17.5. The van der Waals surface area contributed by atoms with E-state index in [1.165, 1.54) is 0 Å². The first-order valence-electron chi connectivity index (χ1n) is 9.78. The zero-order chi connectivity index (χ0) is 21.3. The van der Waals surface area contributed by atoms with Crippen LogP contribution in [-0.4, -0.2) is 69.6 Å². The van der Waals surface area contributed by atoms with E-state index in [1.54, 1.807) is 32.4 Å².